The molecule has 2 heterocycles. The van der Waals surface area contributed by atoms with Gasteiger partial charge in [-0.05, 0) is 64.4 Å². The van der Waals surface area contributed by atoms with E-state index >= 15 is 0 Å². The summed E-state index contributed by atoms with van der Waals surface area (Å²) in [4.78, 5) is 14.1. The van der Waals surface area contributed by atoms with Gasteiger partial charge in [-0.1, -0.05) is 50.3 Å². The van der Waals surface area contributed by atoms with Crippen LogP contribution in [0.4, 0.5) is 0 Å². The second-order valence-electron chi connectivity index (χ2n) is 7.94. The first-order valence-electron chi connectivity index (χ1n) is 11.4. The van der Waals surface area contributed by atoms with E-state index in [1.807, 2.05) is 50.3 Å². The number of aldehydes is 1. The second-order valence-corrected chi connectivity index (χ2v) is 7.94. The lowest BCUT2D eigenvalue weighted by atomic mass is 9.89. The molecule has 0 amide bonds. The Bertz CT molecular complexity index is 898. The highest BCUT2D eigenvalue weighted by Gasteiger charge is 2.41. The predicted octanol–water partition coefficient (Wildman–Crippen LogP) is 6.49. The monoisotopic (exact) mass is 422 g/mol. The van der Waals surface area contributed by atoms with Gasteiger partial charge in [0.1, 0.15) is 5.76 Å². The maximum absolute atomic E-state index is 11.8. The SMILES string of the molecule is C\C=C/C=C1/OC(CC)(CCN(C)CC(/C=C\CC)=C/C)c2ccc(C=O)n2/C1=C/C. The summed E-state index contributed by atoms with van der Waals surface area (Å²) in [5.74, 6) is 0.803. The van der Waals surface area contributed by atoms with E-state index in [0.717, 1.165) is 55.8 Å². The first-order chi connectivity index (χ1) is 15.0. The van der Waals surface area contributed by atoms with Gasteiger partial charge in [0.2, 0.25) is 0 Å². The van der Waals surface area contributed by atoms with Gasteiger partial charge in [-0.3, -0.25) is 4.79 Å². The summed E-state index contributed by atoms with van der Waals surface area (Å²) in [6, 6.07) is 3.94. The van der Waals surface area contributed by atoms with Gasteiger partial charge < -0.3 is 14.2 Å². The van der Waals surface area contributed by atoms with Gasteiger partial charge in [0.05, 0.1) is 17.1 Å². The fourth-order valence-electron chi connectivity index (χ4n) is 4.05. The first-order valence-corrected chi connectivity index (χ1v) is 11.4. The van der Waals surface area contributed by atoms with Gasteiger partial charge in [-0.2, -0.15) is 0 Å². The van der Waals surface area contributed by atoms with E-state index in [0.29, 0.717) is 5.69 Å². The third-order valence-electron chi connectivity index (χ3n) is 5.87. The number of fused-ring (bicyclic) bond motifs is 1. The molecule has 1 aliphatic heterocycles. The average molecular weight is 423 g/mol. The number of hydrogen-bond acceptors (Lipinski definition) is 3. The zero-order valence-electron chi connectivity index (χ0n) is 20.0. The van der Waals surface area contributed by atoms with Crippen LogP contribution in [0.2, 0.25) is 0 Å². The molecular formula is C27H38N2O2. The van der Waals surface area contributed by atoms with Crippen molar-refractivity contribution in [3.05, 3.63) is 77.4 Å². The Morgan fingerprint density at radius 2 is 2.00 bits per heavy atom. The Morgan fingerprint density at radius 1 is 1.23 bits per heavy atom. The quantitative estimate of drug-likeness (QED) is 0.319. The molecule has 31 heavy (non-hydrogen) atoms. The number of ether oxygens (including phenoxy) is 1. The van der Waals surface area contributed by atoms with Crippen molar-refractivity contribution >= 4 is 12.0 Å². The number of rotatable bonds is 10. The molecule has 0 saturated heterocycles. The number of nitrogens with zero attached hydrogens (tertiary/aromatic N) is 2. The lowest BCUT2D eigenvalue weighted by Crippen LogP contribution is -2.39. The smallest absolute Gasteiger partial charge is 0.166 e. The van der Waals surface area contributed by atoms with Crippen LogP contribution in [0.1, 0.15) is 70.1 Å². The molecule has 0 saturated carbocycles. The lowest BCUT2D eigenvalue weighted by molar-refractivity contribution is -0.0258. The van der Waals surface area contributed by atoms with Crippen LogP contribution in [0, 0.1) is 0 Å². The van der Waals surface area contributed by atoms with E-state index < -0.39 is 5.60 Å². The largest absolute Gasteiger partial charge is 0.479 e. The maximum atomic E-state index is 11.8. The summed E-state index contributed by atoms with van der Waals surface area (Å²) in [5.41, 5.74) is 3.46. The zero-order chi connectivity index (χ0) is 22.9. The molecule has 0 spiro atoms. The van der Waals surface area contributed by atoms with Crippen LogP contribution in [0.25, 0.3) is 5.70 Å². The fraction of sp³-hybridized carbons (Fsp3) is 0.444. The van der Waals surface area contributed by atoms with Crippen molar-refractivity contribution in [2.45, 2.75) is 59.5 Å². The molecular weight excluding hydrogens is 384 g/mol. The van der Waals surface area contributed by atoms with Crippen LogP contribution in [0.3, 0.4) is 0 Å². The second kappa shape index (κ2) is 11.7. The Balaban J connectivity index is 2.38. The summed E-state index contributed by atoms with van der Waals surface area (Å²) in [5, 5.41) is 0. The van der Waals surface area contributed by atoms with Crippen molar-refractivity contribution in [1.29, 1.82) is 0 Å². The summed E-state index contributed by atoms with van der Waals surface area (Å²) in [6.07, 6.45) is 18.2. The molecule has 2 rings (SSSR count). The van der Waals surface area contributed by atoms with Crippen LogP contribution in [-0.2, 0) is 10.3 Å². The Morgan fingerprint density at radius 3 is 2.58 bits per heavy atom. The fourth-order valence-corrected chi connectivity index (χ4v) is 4.05. The number of allylic oxidation sites excluding steroid dienone is 7. The van der Waals surface area contributed by atoms with E-state index in [2.05, 4.69) is 55.5 Å². The molecule has 0 fully saturated rings. The topological polar surface area (TPSA) is 34.5 Å². The van der Waals surface area contributed by atoms with Crippen molar-refractivity contribution in [3.63, 3.8) is 0 Å². The van der Waals surface area contributed by atoms with Gasteiger partial charge in [0.15, 0.2) is 11.9 Å². The molecule has 1 aliphatic rings. The molecule has 1 aromatic rings. The van der Waals surface area contributed by atoms with Crippen molar-refractivity contribution in [3.8, 4) is 0 Å². The van der Waals surface area contributed by atoms with E-state index in [4.69, 9.17) is 4.74 Å². The number of carbonyl (C=O) groups is 1. The number of likely N-dealkylation sites (N-methyl/N-ethyl adjacent to an activating group) is 1. The maximum Gasteiger partial charge on any atom is 0.166 e. The first kappa shape index (κ1) is 24.7. The predicted molar refractivity (Wildman–Crippen MR) is 131 cm³/mol. The van der Waals surface area contributed by atoms with Crippen LogP contribution < -0.4 is 0 Å². The lowest BCUT2D eigenvalue weighted by Gasteiger charge is -2.41. The molecule has 4 nitrogen and oxygen atoms in total. The number of aromatic nitrogens is 1. The van der Waals surface area contributed by atoms with Gasteiger partial charge >= 0.3 is 0 Å². The highest BCUT2D eigenvalue weighted by Crippen LogP contribution is 2.44. The molecule has 0 N–H and O–H groups in total. The van der Waals surface area contributed by atoms with Gasteiger partial charge in [0, 0.05) is 19.5 Å². The van der Waals surface area contributed by atoms with Gasteiger partial charge in [-0.15, -0.1) is 0 Å². The minimum Gasteiger partial charge on any atom is -0.479 e. The van der Waals surface area contributed by atoms with E-state index in [1.54, 1.807) is 0 Å². The van der Waals surface area contributed by atoms with Gasteiger partial charge in [-0.25, -0.2) is 0 Å². The standard InChI is InChI=1S/C27H38N2O2/c1-7-12-14-22(9-3)20-28(6)19-18-27(11-5)26-17-16-23(21-30)29(26)24(10-4)25(31-27)15-13-8-2/h8-10,12-17,21H,7,11,18-20H2,1-6H3/b13-8-,14-12-,22-9+,24-10+,25-15+. The molecule has 4 heteroatoms. The van der Waals surface area contributed by atoms with E-state index in [-0.39, 0.29) is 0 Å². The minimum absolute atomic E-state index is 0.481. The summed E-state index contributed by atoms with van der Waals surface area (Å²) < 4.78 is 8.78. The zero-order valence-corrected chi connectivity index (χ0v) is 20.0. The summed E-state index contributed by atoms with van der Waals surface area (Å²) >= 11 is 0. The van der Waals surface area contributed by atoms with Crippen molar-refractivity contribution < 1.29 is 9.53 Å². The van der Waals surface area contributed by atoms with E-state index in [1.165, 1.54) is 5.57 Å². The Labute approximate surface area is 188 Å². The normalized spacial score (nSPS) is 22.1. The highest BCUT2D eigenvalue weighted by atomic mass is 16.5. The van der Waals surface area contributed by atoms with Crippen LogP contribution >= 0.6 is 0 Å². The van der Waals surface area contributed by atoms with Crippen LogP contribution in [0.5, 0.6) is 0 Å². The third-order valence-corrected chi connectivity index (χ3v) is 5.87. The van der Waals surface area contributed by atoms with Crippen molar-refractivity contribution in [2.75, 3.05) is 20.1 Å². The summed E-state index contributed by atoms with van der Waals surface area (Å²) in [6.45, 7) is 12.2. The Hall–Kier alpha value is -2.59. The van der Waals surface area contributed by atoms with Crippen LogP contribution in [-0.4, -0.2) is 35.9 Å². The third kappa shape index (κ3) is 5.56. The van der Waals surface area contributed by atoms with Crippen LogP contribution in [0.15, 0.2) is 66.0 Å². The highest BCUT2D eigenvalue weighted by molar-refractivity contribution is 5.79. The minimum atomic E-state index is -0.481. The molecule has 168 valence electrons. The van der Waals surface area contributed by atoms with Crippen molar-refractivity contribution in [1.82, 2.24) is 9.47 Å². The van der Waals surface area contributed by atoms with E-state index in [9.17, 15) is 4.79 Å². The van der Waals surface area contributed by atoms with Gasteiger partial charge in [0.25, 0.3) is 0 Å². The molecule has 0 radical (unpaired) electrons. The number of carbonyl (C=O) groups excluding carboxylic acids is 1. The molecule has 0 bridgehead atoms. The molecule has 0 aliphatic carbocycles. The molecule has 1 atom stereocenters. The van der Waals surface area contributed by atoms with Crippen molar-refractivity contribution in [2.24, 2.45) is 0 Å². The molecule has 1 unspecified atom stereocenters. The molecule has 1 aromatic heterocycles. The average Bonchev–Trinajstić information content (AvgIpc) is 3.23. The summed E-state index contributed by atoms with van der Waals surface area (Å²) in [7, 11) is 2.15. The molecule has 0 aromatic carbocycles. The Kier molecular flexibility index (Phi) is 9.32. The number of hydrogen-bond donors (Lipinski definition) is 0.